The standard InChI is InChI=1S/C13H18N2O3/c1-9(2)8-14-13(18)15-11(12(16)17)10-6-4-3-5-7-10/h3-7,9,11H,8H2,1-2H3,(H,16,17)(H2,14,15,18)/t11-/m1/s1. The zero-order chi connectivity index (χ0) is 13.5. The lowest BCUT2D eigenvalue weighted by Crippen LogP contribution is -2.42. The highest BCUT2D eigenvalue weighted by molar-refractivity contribution is 5.83. The van der Waals surface area contributed by atoms with Crippen LogP contribution in [0.2, 0.25) is 0 Å². The van der Waals surface area contributed by atoms with Gasteiger partial charge >= 0.3 is 12.0 Å². The van der Waals surface area contributed by atoms with Crippen molar-refractivity contribution in [1.29, 1.82) is 0 Å². The van der Waals surface area contributed by atoms with Gasteiger partial charge in [0, 0.05) is 6.54 Å². The van der Waals surface area contributed by atoms with Gasteiger partial charge in [0.25, 0.3) is 0 Å². The predicted octanol–water partition coefficient (Wildman–Crippen LogP) is 1.77. The second kappa shape index (κ2) is 6.64. The van der Waals surface area contributed by atoms with Gasteiger partial charge in [-0.2, -0.15) is 0 Å². The van der Waals surface area contributed by atoms with Gasteiger partial charge in [-0.05, 0) is 11.5 Å². The number of carbonyl (C=O) groups is 2. The maximum atomic E-state index is 11.6. The molecule has 0 heterocycles. The Morgan fingerprint density at radius 3 is 2.33 bits per heavy atom. The van der Waals surface area contributed by atoms with Crippen LogP contribution in [-0.2, 0) is 4.79 Å². The van der Waals surface area contributed by atoms with Gasteiger partial charge in [0.2, 0.25) is 0 Å². The molecule has 98 valence electrons. The summed E-state index contributed by atoms with van der Waals surface area (Å²) in [5, 5.41) is 14.2. The number of carbonyl (C=O) groups excluding carboxylic acids is 1. The first-order valence-corrected chi connectivity index (χ1v) is 5.83. The minimum Gasteiger partial charge on any atom is -0.479 e. The van der Waals surface area contributed by atoms with E-state index in [1.165, 1.54) is 0 Å². The topological polar surface area (TPSA) is 78.4 Å². The Morgan fingerprint density at radius 2 is 1.83 bits per heavy atom. The molecule has 1 aromatic carbocycles. The van der Waals surface area contributed by atoms with Crippen LogP contribution >= 0.6 is 0 Å². The Balaban J connectivity index is 2.65. The average Bonchev–Trinajstić information content (AvgIpc) is 2.34. The number of hydrogen-bond donors (Lipinski definition) is 3. The summed E-state index contributed by atoms with van der Waals surface area (Å²) < 4.78 is 0. The summed E-state index contributed by atoms with van der Waals surface area (Å²) in [5.74, 6) is -0.767. The van der Waals surface area contributed by atoms with Gasteiger partial charge in [0.15, 0.2) is 6.04 Å². The SMILES string of the molecule is CC(C)CNC(=O)N[C@@H](C(=O)O)c1ccccc1. The Labute approximate surface area is 106 Å². The molecule has 5 heteroatoms. The molecule has 0 unspecified atom stereocenters. The second-order valence-corrected chi connectivity index (χ2v) is 4.43. The average molecular weight is 250 g/mol. The number of hydrogen-bond acceptors (Lipinski definition) is 2. The first-order chi connectivity index (χ1) is 8.50. The highest BCUT2D eigenvalue weighted by Gasteiger charge is 2.21. The maximum Gasteiger partial charge on any atom is 0.330 e. The molecule has 0 aliphatic carbocycles. The molecule has 0 radical (unpaired) electrons. The van der Waals surface area contributed by atoms with Gasteiger partial charge in [-0.25, -0.2) is 9.59 Å². The summed E-state index contributed by atoms with van der Waals surface area (Å²) in [5.41, 5.74) is 0.546. The normalized spacial score (nSPS) is 11.9. The van der Waals surface area contributed by atoms with Crippen LogP contribution in [0.4, 0.5) is 4.79 Å². The second-order valence-electron chi connectivity index (χ2n) is 4.43. The van der Waals surface area contributed by atoms with Crippen LogP contribution in [0.25, 0.3) is 0 Å². The van der Waals surface area contributed by atoms with E-state index in [2.05, 4.69) is 10.6 Å². The molecule has 3 N–H and O–H groups in total. The summed E-state index contributed by atoms with van der Waals surface area (Å²) in [7, 11) is 0. The van der Waals surface area contributed by atoms with E-state index in [0.29, 0.717) is 18.0 Å². The lowest BCUT2D eigenvalue weighted by molar-refractivity contribution is -0.139. The van der Waals surface area contributed by atoms with E-state index < -0.39 is 18.0 Å². The molecule has 0 saturated heterocycles. The van der Waals surface area contributed by atoms with E-state index in [4.69, 9.17) is 5.11 Å². The highest BCUT2D eigenvalue weighted by Crippen LogP contribution is 2.12. The summed E-state index contributed by atoms with van der Waals surface area (Å²) in [6.45, 7) is 4.44. The van der Waals surface area contributed by atoms with Crippen molar-refractivity contribution in [2.75, 3.05) is 6.54 Å². The minimum atomic E-state index is -1.08. The molecule has 2 amide bonds. The van der Waals surface area contributed by atoms with E-state index in [0.717, 1.165) is 0 Å². The molecule has 18 heavy (non-hydrogen) atoms. The molecule has 1 rings (SSSR count). The van der Waals surface area contributed by atoms with Crippen LogP contribution in [0.15, 0.2) is 30.3 Å². The Bertz CT molecular complexity index is 404. The van der Waals surface area contributed by atoms with E-state index in [-0.39, 0.29) is 0 Å². The summed E-state index contributed by atoms with van der Waals surface area (Å²) >= 11 is 0. The van der Waals surface area contributed by atoms with Gasteiger partial charge in [0.1, 0.15) is 0 Å². The van der Waals surface area contributed by atoms with Crippen LogP contribution < -0.4 is 10.6 Å². The molecule has 5 nitrogen and oxygen atoms in total. The molecule has 0 aromatic heterocycles. The summed E-state index contributed by atoms with van der Waals surface area (Å²) in [6, 6.07) is 7.10. The number of rotatable bonds is 5. The minimum absolute atomic E-state index is 0.316. The summed E-state index contributed by atoms with van der Waals surface area (Å²) in [4.78, 5) is 22.7. The monoisotopic (exact) mass is 250 g/mol. The van der Waals surface area contributed by atoms with Crippen molar-refractivity contribution in [3.63, 3.8) is 0 Å². The van der Waals surface area contributed by atoms with Gasteiger partial charge < -0.3 is 15.7 Å². The van der Waals surface area contributed by atoms with E-state index in [1.54, 1.807) is 30.3 Å². The highest BCUT2D eigenvalue weighted by atomic mass is 16.4. The van der Waals surface area contributed by atoms with Crippen LogP contribution in [0.5, 0.6) is 0 Å². The predicted molar refractivity (Wildman–Crippen MR) is 68.2 cm³/mol. The van der Waals surface area contributed by atoms with Crippen molar-refractivity contribution >= 4 is 12.0 Å². The summed E-state index contributed by atoms with van der Waals surface area (Å²) in [6.07, 6.45) is 0. The van der Waals surface area contributed by atoms with Crippen molar-refractivity contribution in [2.45, 2.75) is 19.9 Å². The van der Waals surface area contributed by atoms with Crippen molar-refractivity contribution < 1.29 is 14.7 Å². The first-order valence-electron chi connectivity index (χ1n) is 5.83. The number of aliphatic carboxylic acids is 1. The van der Waals surface area contributed by atoms with E-state index in [1.807, 2.05) is 13.8 Å². The molecule has 0 aliphatic heterocycles. The van der Waals surface area contributed by atoms with Crippen LogP contribution in [0, 0.1) is 5.92 Å². The number of urea groups is 1. The fraction of sp³-hybridized carbons (Fsp3) is 0.385. The first kappa shape index (κ1) is 14.0. The number of carboxylic acids is 1. The molecule has 1 atom stereocenters. The third-order valence-corrected chi connectivity index (χ3v) is 2.33. The number of carboxylic acid groups (broad SMARTS) is 1. The zero-order valence-corrected chi connectivity index (χ0v) is 10.5. The van der Waals surface area contributed by atoms with Crippen LogP contribution in [-0.4, -0.2) is 23.7 Å². The van der Waals surface area contributed by atoms with Crippen molar-refractivity contribution in [3.8, 4) is 0 Å². The lowest BCUT2D eigenvalue weighted by Gasteiger charge is -2.16. The Kier molecular flexibility index (Phi) is 5.17. The van der Waals surface area contributed by atoms with Crippen molar-refractivity contribution in [1.82, 2.24) is 10.6 Å². The van der Waals surface area contributed by atoms with Crippen molar-refractivity contribution in [3.05, 3.63) is 35.9 Å². The lowest BCUT2D eigenvalue weighted by atomic mass is 10.1. The molecular formula is C13H18N2O3. The van der Waals surface area contributed by atoms with Crippen LogP contribution in [0.3, 0.4) is 0 Å². The van der Waals surface area contributed by atoms with E-state index in [9.17, 15) is 9.59 Å². The van der Waals surface area contributed by atoms with Crippen molar-refractivity contribution in [2.24, 2.45) is 5.92 Å². The third-order valence-electron chi connectivity index (χ3n) is 2.33. The fourth-order valence-electron chi connectivity index (χ4n) is 1.41. The Hall–Kier alpha value is -2.04. The molecule has 1 aromatic rings. The maximum absolute atomic E-state index is 11.6. The smallest absolute Gasteiger partial charge is 0.330 e. The van der Waals surface area contributed by atoms with Crippen LogP contribution in [0.1, 0.15) is 25.5 Å². The van der Waals surface area contributed by atoms with Gasteiger partial charge in [-0.3, -0.25) is 0 Å². The number of amides is 2. The van der Waals surface area contributed by atoms with Gasteiger partial charge in [-0.1, -0.05) is 44.2 Å². The number of nitrogens with one attached hydrogen (secondary N) is 2. The number of benzene rings is 1. The third kappa shape index (κ3) is 4.45. The quantitative estimate of drug-likeness (QED) is 0.745. The molecule has 0 spiro atoms. The molecule has 0 saturated carbocycles. The zero-order valence-electron chi connectivity index (χ0n) is 10.5. The molecule has 0 bridgehead atoms. The molecular weight excluding hydrogens is 232 g/mol. The van der Waals surface area contributed by atoms with E-state index >= 15 is 0 Å². The molecule has 0 aliphatic rings. The molecule has 0 fully saturated rings. The van der Waals surface area contributed by atoms with Gasteiger partial charge in [0.05, 0.1) is 0 Å². The largest absolute Gasteiger partial charge is 0.479 e. The van der Waals surface area contributed by atoms with Gasteiger partial charge in [-0.15, -0.1) is 0 Å². The fourth-order valence-corrected chi connectivity index (χ4v) is 1.41. The Morgan fingerprint density at radius 1 is 1.22 bits per heavy atom.